The second kappa shape index (κ2) is 30.9. The number of nitrogens with two attached hydrogens (primary N) is 2. The molecule has 2 aliphatic heterocycles. The highest BCUT2D eigenvalue weighted by molar-refractivity contribution is 5.79. The van der Waals surface area contributed by atoms with E-state index in [4.69, 9.17) is 69.1 Å². The number of hydrogen-bond acceptors (Lipinski definition) is 24. The molecule has 0 aromatic rings. The second-order valence-electron chi connectivity index (χ2n) is 13.3. The van der Waals surface area contributed by atoms with Crippen LogP contribution in [0.1, 0.15) is 122 Å². The molecule has 62 heavy (non-hydrogen) atoms. The van der Waals surface area contributed by atoms with Gasteiger partial charge >= 0.3 is 23.9 Å². The lowest BCUT2D eigenvalue weighted by Gasteiger charge is -2.56. The number of ether oxygens (including phenoxy) is 4. The van der Waals surface area contributed by atoms with E-state index in [-0.39, 0.29) is 31.7 Å². The van der Waals surface area contributed by atoms with Crippen LogP contribution in [0.5, 0.6) is 0 Å². The first-order valence-corrected chi connectivity index (χ1v) is 22.4. The van der Waals surface area contributed by atoms with Crippen molar-refractivity contribution < 1.29 is 57.6 Å². The molecule has 0 aliphatic carbocycles. The Bertz CT molecular complexity index is 1240. The highest BCUT2D eigenvalue weighted by atomic mass is 16.9. The van der Waals surface area contributed by atoms with Crippen LogP contribution in [0.25, 0.3) is 0 Å². The fraction of sp³-hybridized carbons (Fsp3) is 0.947. The molecule has 0 amide bonds. The smallest absolute Gasteiger partial charge is 0.340 e. The summed E-state index contributed by atoms with van der Waals surface area (Å²) in [6, 6.07) is 0. The zero-order valence-electron chi connectivity index (χ0n) is 40.4. The van der Waals surface area contributed by atoms with Crippen LogP contribution >= 0.6 is 0 Å². The SMILES string of the molecule is CCCONC1(OCCC)N=C(N)N(OCCC)C(OCCC)(N(C)OCCC)N1OCCC.CCONC1(OCC)N=C(N)N(OCC)C(OCC)(N(C)OCC)N1OCC. The maximum atomic E-state index is 6.51. The van der Waals surface area contributed by atoms with E-state index >= 15 is 0 Å². The molecule has 0 radical (unpaired) electrons. The molecule has 0 saturated heterocycles. The van der Waals surface area contributed by atoms with Gasteiger partial charge in [0.1, 0.15) is 0 Å². The third kappa shape index (κ3) is 14.4. The van der Waals surface area contributed by atoms with Gasteiger partial charge in [-0.3, -0.25) is 38.7 Å². The monoisotopic (exact) mass is 901 g/mol. The number of aliphatic imine (C=N–C) groups is 2. The van der Waals surface area contributed by atoms with Crippen molar-refractivity contribution in [1.29, 1.82) is 0 Å². The van der Waals surface area contributed by atoms with Gasteiger partial charge in [0.2, 0.25) is 11.9 Å². The van der Waals surface area contributed by atoms with Crippen molar-refractivity contribution in [2.75, 3.05) is 93.4 Å². The Morgan fingerprint density at radius 2 is 0.919 bits per heavy atom. The molecule has 2 aliphatic rings. The minimum absolute atomic E-state index is 0.0153. The summed E-state index contributed by atoms with van der Waals surface area (Å²) < 4.78 is 24.8. The van der Waals surface area contributed by atoms with E-state index in [1.807, 2.05) is 83.1 Å². The molecule has 0 aromatic carbocycles. The summed E-state index contributed by atoms with van der Waals surface area (Å²) in [6.45, 7) is 27.1. The van der Waals surface area contributed by atoms with Crippen molar-refractivity contribution in [3.8, 4) is 0 Å². The van der Waals surface area contributed by atoms with Crippen molar-refractivity contribution >= 4 is 11.9 Å². The standard InChI is InChI=1S/C22H48N6O6.C16H36N6O6/c1-8-14-29-21(25-31-16-10-3)24-20(23)27(33-18-12-5)22(30-15-9-2,26(7)32-17-11-4)28(21)34-19-13-6;1-8-23-15(19-25-10-3)18-14(17)21(27-12-5)16(24-9-2,20(7)26-11-4)22(15)28-13-6/h25H,8-19H2,1-7H3,(H2,23,24);19H,8-13H2,1-7H3,(H2,17,18). The fourth-order valence-electron chi connectivity index (χ4n) is 5.80. The van der Waals surface area contributed by atoms with E-state index < -0.39 is 23.9 Å². The normalized spacial score (nSPS) is 24.8. The molecule has 368 valence electrons. The maximum absolute atomic E-state index is 6.51. The van der Waals surface area contributed by atoms with Crippen LogP contribution in [-0.4, -0.2) is 160 Å². The molecule has 0 fully saturated rings. The molecule has 24 nitrogen and oxygen atoms in total. The Morgan fingerprint density at radius 3 is 1.44 bits per heavy atom. The third-order valence-corrected chi connectivity index (χ3v) is 8.11. The van der Waals surface area contributed by atoms with E-state index in [1.165, 1.54) is 30.4 Å². The van der Waals surface area contributed by atoms with Crippen molar-refractivity contribution in [2.45, 2.75) is 146 Å². The number of hydroxylamine groups is 14. The first-order valence-electron chi connectivity index (χ1n) is 22.4. The van der Waals surface area contributed by atoms with Gasteiger partial charge in [0.15, 0.2) is 0 Å². The van der Waals surface area contributed by atoms with Crippen LogP contribution in [0.3, 0.4) is 0 Å². The molecule has 0 bridgehead atoms. The largest absolute Gasteiger partial charge is 0.368 e. The molecular formula is C38H84N12O12. The molecule has 2 heterocycles. The Labute approximate surface area is 370 Å². The zero-order valence-corrected chi connectivity index (χ0v) is 40.4. The highest BCUT2D eigenvalue weighted by Gasteiger charge is 2.66. The number of rotatable bonds is 34. The van der Waals surface area contributed by atoms with Crippen molar-refractivity contribution in [3.05, 3.63) is 0 Å². The van der Waals surface area contributed by atoms with E-state index in [0.717, 1.165) is 38.5 Å². The van der Waals surface area contributed by atoms with Gasteiger partial charge in [0.05, 0.1) is 66.1 Å². The van der Waals surface area contributed by atoms with Crippen LogP contribution in [-0.2, 0) is 57.6 Å². The predicted molar refractivity (Wildman–Crippen MR) is 231 cm³/mol. The first-order chi connectivity index (χ1) is 29.9. The Hall–Kier alpha value is -2.18. The van der Waals surface area contributed by atoms with Gasteiger partial charge in [-0.05, 0) is 80.1 Å². The molecule has 24 heteroatoms. The molecule has 0 aromatic heterocycles. The average molecular weight is 901 g/mol. The van der Waals surface area contributed by atoms with Crippen LogP contribution in [0.15, 0.2) is 9.98 Å². The van der Waals surface area contributed by atoms with Gasteiger partial charge < -0.3 is 30.4 Å². The van der Waals surface area contributed by atoms with Crippen molar-refractivity contribution in [1.82, 2.24) is 41.3 Å². The van der Waals surface area contributed by atoms with Gasteiger partial charge in [-0.2, -0.15) is 20.1 Å². The van der Waals surface area contributed by atoms with Gasteiger partial charge in [0.25, 0.3) is 0 Å². The third-order valence-electron chi connectivity index (χ3n) is 8.11. The summed E-state index contributed by atoms with van der Waals surface area (Å²) in [4.78, 5) is 56.1. The van der Waals surface area contributed by atoms with Crippen LogP contribution in [0.2, 0.25) is 0 Å². The predicted octanol–water partition coefficient (Wildman–Crippen LogP) is 3.42. The molecule has 2 rings (SSSR count). The fourth-order valence-corrected chi connectivity index (χ4v) is 5.80. The van der Waals surface area contributed by atoms with Crippen LogP contribution in [0, 0.1) is 0 Å². The molecule has 4 unspecified atom stereocenters. The number of nitrogens with one attached hydrogen (secondary N) is 2. The summed E-state index contributed by atoms with van der Waals surface area (Å²) >= 11 is 0. The minimum Gasteiger partial charge on any atom is -0.368 e. The van der Waals surface area contributed by atoms with Crippen LogP contribution < -0.4 is 22.4 Å². The van der Waals surface area contributed by atoms with Crippen LogP contribution in [0.4, 0.5) is 0 Å². The van der Waals surface area contributed by atoms with Gasteiger partial charge in [0, 0.05) is 27.3 Å². The average Bonchev–Trinajstić information content (AvgIpc) is 3.25. The van der Waals surface area contributed by atoms with E-state index in [2.05, 4.69) is 20.9 Å². The van der Waals surface area contributed by atoms with Gasteiger partial charge in [-0.25, -0.2) is 0 Å². The molecule has 0 saturated carbocycles. The second-order valence-corrected chi connectivity index (χ2v) is 13.3. The summed E-state index contributed by atoms with van der Waals surface area (Å²) in [7, 11) is 3.42. The summed E-state index contributed by atoms with van der Waals surface area (Å²) in [6.07, 6.45) is 4.52. The maximum Gasteiger partial charge on any atom is 0.340 e. The van der Waals surface area contributed by atoms with E-state index in [0.29, 0.717) is 59.5 Å². The lowest BCUT2D eigenvalue weighted by Crippen LogP contribution is -2.82. The summed E-state index contributed by atoms with van der Waals surface area (Å²) in [5, 5.41) is 8.42. The lowest BCUT2D eigenvalue weighted by molar-refractivity contribution is -0.547. The quantitative estimate of drug-likeness (QED) is 0.0412. The molecule has 0 spiro atoms. The Balaban J connectivity index is 0.000000632. The van der Waals surface area contributed by atoms with E-state index in [9.17, 15) is 0 Å². The first kappa shape index (κ1) is 57.8. The van der Waals surface area contributed by atoms with Crippen molar-refractivity contribution in [2.24, 2.45) is 21.5 Å². The number of hydrogen-bond donors (Lipinski definition) is 4. The van der Waals surface area contributed by atoms with E-state index in [1.54, 1.807) is 14.1 Å². The number of guanidine groups is 2. The summed E-state index contributed by atoms with van der Waals surface area (Å²) in [5.74, 6) is -6.53. The molecular weight excluding hydrogens is 816 g/mol. The van der Waals surface area contributed by atoms with Gasteiger partial charge in [-0.15, -0.1) is 21.1 Å². The van der Waals surface area contributed by atoms with Crippen molar-refractivity contribution in [3.63, 3.8) is 0 Å². The topological polar surface area (TPSA) is 231 Å². The zero-order chi connectivity index (χ0) is 46.7. The molecule has 6 N–H and O–H groups in total. The van der Waals surface area contributed by atoms with Gasteiger partial charge in [-0.1, -0.05) is 51.7 Å². The highest BCUT2D eigenvalue weighted by Crippen LogP contribution is 2.40. The minimum atomic E-state index is -1.66. The Morgan fingerprint density at radius 1 is 0.452 bits per heavy atom. The molecule has 4 atom stereocenters. The summed E-state index contributed by atoms with van der Waals surface area (Å²) in [5.41, 5.74) is 18.5. The lowest BCUT2D eigenvalue weighted by atomic mass is 10.4. The number of nitrogens with zero attached hydrogens (tertiary/aromatic N) is 8. The Kier molecular flexibility index (Phi) is 28.8.